The van der Waals surface area contributed by atoms with Gasteiger partial charge in [0.15, 0.2) is 0 Å². The number of nitrogens with zero attached hydrogens (tertiary/aromatic N) is 2. The first kappa shape index (κ1) is 22.1. The molecule has 0 bridgehead atoms. The summed E-state index contributed by atoms with van der Waals surface area (Å²) < 4.78 is 18.3. The number of rotatable bonds is 6. The van der Waals surface area contributed by atoms with Gasteiger partial charge in [-0.05, 0) is 45.6 Å². The predicted octanol–water partition coefficient (Wildman–Crippen LogP) is 2.99. The molecular formula is C22H31N3O5. The summed E-state index contributed by atoms with van der Waals surface area (Å²) >= 11 is 0. The number of ether oxygens (including phenoxy) is 2. The lowest BCUT2D eigenvalue weighted by Crippen LogP contribution is -2.26. The molecule has 30 heavy (non-hydrogen) atoms. The molecule has 1 N–H and O–H groups in total. The van der Waals surface area contributed by atoms with Crippen LogP contribution in [0.4, 0.5) is 0 Å². The van der Waals surface area contributed by atoms with Crippen LogP contribution in [-0.4, -0.2) is 48.0 Å². The van der Waals surface area contributed by atoms with Gasteiger partial charge < -0.3 is 19.2 Å². The molecule has 0 aromatic carbocycles. The Balaban J connectivity index is 1.66. The second-order valence-electron chi connectivity index (χ2n) is 7.49. The zero-order chi connectivity index (χ0) is 21.5. The van der Waals surface area contributed by atoms with Crippen molar-refractivity contribution in [2.24, 2.45) is 0 Å². The average Bonchev–Trinajstić information content (AvgIpc) is 3.24. The van der Waals surface area contributed by atoms with Crippen LogP contribution in [0.25, 0.3) is 0 Å². The van der Waals surface area contributed by atoms with Gasteiger partial charge in [-0.1, -0.05) is 6.92 Å². The Kier molecular flexibility index (Phi) is 7.68. The number of furan rings is 1. The Hall–Kier alpha value is -2.61. The molecule has 0 radical (unpaired) electrons. The quantitative estimate of drug-likeness (QED) is 0.573. The average molecular weight is 418 g/mol. The van der Waals surface area contributed by atoms with Crippen LogP contribution in [0.3, 0.4) is 0 Å². The maximum absolute atomic E-state index is 12.8. The third kappa shape index (κ3) is 5.30. The number of hydrogen-bond acceptors (Lipinski definition) is 6. The molecule has 1 aliphatic rings. The highest BCUT2D eigenvalue weighted by molar-refractivity contribution is 5.96. The number of esters is 1. The van der Waals surface area contributed by atoms with Crippen LogP contribution in [0.5, 0.6) is 0 Å². The molecule has 3 rings (SSSR count). The van der Waals surface area contributed by atoms with Crippen LogP contribution in [-0.2, 0) is 28.9 Å². The van der Waals surface area contributed by atoms with E-state index in [1.165, 1.54) is 0 Å². The zero-order valence-corrected chi connectivity index (χ0v) is 18.1. The van der Waals surface area contributed by atoms with Crippen molar-refractivity contribution in [1.82, 2.24) is 15.1 Å². The Morgan fingerprint density at radius 2 is 2.10 bits per heavy atom. The number of aryl methyl sites for hydroxylation is 4. The van der Waals surface area contributed by atoms with Crippen LogP contribution in [0.15, 0.2) is 10.5 Å². The maximum Gasteiger partial charge on any atom is 0.341 e. The van der Waals surface area contributed by atoms with E-state index in [4.69, 9.17) is 13.9 Å². The molecule has 0 unspecified atom stereocenters. The van der Waals surface area contributed by atoms with Crippen molar-refractivity contribution in [2.45, 2.75) is 59.4 Å². The molecule has 0 atom stereocenters. The van der Waals surface area contributed by atoms with Gasteiger partial charge in [-0.15, -0.1) is 0 Å². The number of amides is 1. The normalized spacial score (nSPS) is 15.2. The van der Waals surface area contributed by atoms with Crippen molar-refractivity contribution in [3.05, 3.63) is 40.1 Å². The summed E-state index contributed by atoms with van der Waals surface area (Å²) in [5.74, 6) is 0.809. The van der Waals surface area contributed by atoms with Crippen molar-refractivity contribution in [3.8, 4) is 0 Å². The first-order chi connectivity index (χ1) is 14.5. The fourth-order valence-electron chi connectivity index (χ4n) is 3.70. The minimum absolute atomic E-state index is 0.0627. The molecular weight excluding hydrogens is 386 g/mol. The summed E-state index contributed by atoms with van der Waals surface area (Å²) in [5, 5.41) is 7.66. The lowest BCUT2D eigenvalue weighted by atomic mass is 10.1. The molecule has 0 spiro atoms. The van der Waals surface area contributed by atoms with Crippen molar-refractivity contribution in [1.29, 1.82) is 0 Å². The summed E-state index contributed by atoms with van der Waals surface area (Å²) in [5.41, 5.74) is 2.90. The van der Waals surface area contributed by atoms with Crippen LogP contribution >= 0.6 is 0 Å². The number of hydrogen-bond donors (Lipinski definition) is 1. The minimum Gasteiger partial charge on any atom is -0.466 e. The molecule has 0 fully saturated rings. The molecule has 8 heteroatoms. The largest absolute Gasteiger partial charge is 0.466 e. The monoisotopic (exact) mass is 417 g/mol. The van der Waals surface area contributed by atoms with E-state index in [2.05, 4.69) is 10.4 Å². The molecule has 0 saturated heterocycles. The number of carbonyl (C=O) groups is 2. The topological polar surface area (TPSA) is 95.6 Å². The Bertz CT molecular complexity index is 884. The molecule has 2 aromatic heterocycles. The van der Waals surface area contributed by atoms with E-state index in [1.807, 2.05) is 11.6 Å². The third-order valence-corrected chi connectivity index (χ3v) is 5.15. The summed E-state index contributed by atoms with van der Waals surface area (Å²) in [6.45, 7) is 8.32. The first-order valence-corrected chi connectivity index (χ1v) is 10.7. The standard InChI is InChI=1S/C22H31N3O5/c1-4-18-20-19(8-5-11-28-12-6-9-23-21(20)26)25(24-18)10-7-13-29-22(27)17-14-15(2)30-16(17)3/h14H,4-13H2,1-3H3,(H,23,26). The summed E-state index contributed by atoms with van der Waals surface area (Å²) in [6, 6.07) is 1.69. The lowest BCUT2D eigenvalue weighted by molar-refractivity contribution is 0.0492. The van der Waals surface area contributed by atoms with E-state index in [-0.39, 0.29) is 18.5 Å². The molecule has 1 aliphatic heterocycles. The van der Waals surface area contributed by atoms with Gasteiger partial charge in [0.2, 0.25) is 0 Å². The number of nitrogens with one attached hydrogen (secondary N) is 1. The predicted molar refractivity (Wildman–Crippen MR) is 111 cm³/mol. The Labute approximate surface area is 176 Å². The van der Waals surface area contributed by atoms with Gasteiger partial charge >= 0.3 is 5.97 Å². The smallest absolute Gasteiger partial charge is 0.341 e. The van der Waals surface area contributed by atoms with E-state index < -0.39 is 0 Å². The summed E-state index contributed by atoms with van der Waals surface area (Å²) in [6.07, 6.45) is 3.66. The van der Waals surface area contributed by atoms with Crippen molar-refractivity contribution < 1.29 is 23.5 Å². The van der Waals surface area contributed by atoms with Gasteiger partial charge in [-0.25, -0.2) is 4.79 Å². The molecule has 1 amide bonds. The highest BCUT2D eigenvalue weighted by atomic mass is 16.5. The fourth-order valence-corrected chi connectivity index (χ4v) is 3.70. The van der Waals surface area contributed by atoms with Gasteiger partial charge in [-0.2, -0.15) is 5.10 Å². The number of aromatic nitrogens is 2. The maximum atomic E-state index is 12.8. The van der Waals surface area contributed by atoms with E-state index in [1.54, 1.807) is 19.9 Å². The third-order valence-electron chi connectivity index (χ3n) is 5.15. The van der Waals surface area contributed by atoms with Gasteiger partial charge in [0.25, 0.3) is 5.91 Å². The molecule has 0 saturated carbocycles. The van der Waals surface area contributed by atoms with Crippen molar-refractivity contribution in [2.75, 3.05) is 26.4 Å². The summed E-state index contributed by atoms with van der Waals surface area (Å²) in [7, 11) is 0. The van der Waals surface area contributed by atoms with Crippen LogP contribution in [0.1, 0.15) is 69.8 Å². The van der Waals surface area contributed by atoms with Crippen molar-refractivity contribution >= 4 is 11.9 Å². The first-order valence-electron chi connectivity index (χ1n) is 10.7. The highest BCUT2D eigenvalue weighted by Crippen LogP contribution is 2.19. The van der Waals surface area contributed by atoms with Gasteiger partial charge in [0.1, 0.15) is 17.1 Å². The Morgan fingerprint density at radius 3 is 2.83 bits per heavy atom. The van der Waals surface area contributed by atoms with E-state index in [0.29, 0.717) is 61.8 Å². The van der Waals surface area contributed by atoms with Crippen LogP contribution in [0.2, 0.25) is 0 Å². The molecule has 164 valence electrons. The second-order valence-corrected chi connectivity index (χ2v) is 7.49. The van der Waals surface area contributed by atoms with E-state index >= 15 is 0 Å². The van der Waals surface area contributed by atoms with E-state index in [0.717, 1.165) is 30.7 Å². The highest BCUT2D eigenvalue weighted by Gasteiger charge is 2.23. The SMILES string of the molecule is CCc1nn(CCCOC(=O)c2cc(C)oc2C)c2c1C(=O)NCCCOCCC2. The number of carbonyl (C=O) groups excluding carboxylic acids is 2. The lowest BCUT2D eigenvalue weighted by Gasteiger charge is -2.10. The molecule has 2 aromatic rings. The fraction of sp³-hybridized carbons (Fsp3) is 0.591. The molecule has 8 nitrogen and oxygen atoms in total. The Morgan fingerprint density at radius 1 is 1.30 bits per heavy atom. The van der Waals surface area contributed by atoms with Crippen LogP contribution in [0, 0.1) is 13.8 Å². The van der Waals surface area contributed by atoms with E-state index in [9.17, 15) is 9.59 Å². The molecule has 0 aliphatic carbocycles. The van der Waals surface area contributed by atoms with Gasteiger partial charge in [0, 0.05) is 32.7 Å². The van der Waals surface area contributed by atoms with Gasteiger partial charge in [0.05, 0.1) is 23.6 Å². The summed E-state index contributed by atoms with van der Waals surface area (Å²) in [4.78, 5) is 25.0. The minimum atomic E-state index is -0.380. The van der Waals surface area contributed by atoms with Crippen LogP contribution < -0.4 is 5.32 Å². The van der Waals surface area contributed by atoms with Crippen molar-refractivity contribution in [3.63, 3.8) is 0 Å². The van der Waals surface area contributed by atoms with Gasteiger partial charge in [-0.3, -0.25) is 9.48 Å². The second kappa shape index (κ2) is 10.4. The number of fused-ring (bicyclic) bond motifs is 1. The zero-order valence-electron chi connectivity index (χ0n) is 18.1. The molecule has 3 heterocycles.